The first-order valence-corrected chi connectivity index (χ1v) is 22.3. The molecule has 0 radical (unpaired) electrons. The topological polar surface area (TPSA) is 35.9 Å². The molecule has 0 unspecified atom stereocenters. The standard InChI is InChI=1S/C62H64N4O.Pt/c1-58(2,3)41-29-32-63-56(36-41)66-52-22-15-14-21-46(52)47-27-26-45(38-55(47)66)67-44-20-18-19-43(37-44)64-39-65(54-24-17-16-23-53(54)64)57-48(34-42(59(4,5)6)35-51(57)60(7,8)9)40-25-28-49-50(33-40)62(12,13)31-30-61(49,10)11;/h14-29,32-36H,30-31H2,1-13H3;/q-2;/i10D3,11D3,12D3,13D3,25D,28D,30D2,31D2,33D;. The third kappa shape index (κ3) is 8.33. The largest absolute Gasteiger partial charge is 0.510 e. The van der Waals surface area contributed by atoms with Crippen molar-refractivity contribution in [1.82, 2.24) is 14.1 Å². The van der Waals surface area contributed by atoms with Gasteiger partial charge in [0.15, 0.2) is 0 Å². The van der Waals surface area contributed by atoms with Crippen LogP contribution in [-0.4, -0.2) is 14.1 Å². The number of imidazole rings is 1. The second-order valence-corrected chi connectivity index (χ2v) is 20.5. The molecule has 0 aliphatic heterocycles. The molecule has 0 amide bonds. The molecule has 350 valence electrons. The quantitative estimate of drug-likeness (QED) is 0.123. The molecule has 6 aromatic carbocycles. The number of aromatic nitrogens is 4. The zero-order chi connectivity index (χ0) is 63.6. The van der Waals surface area contributed by atoms with E-state index in [0.717, 1.165) is 27.4 Å². The van der Waals surface area contributed by atoms with Gasteiger partial charge in [-0.15, -0.1) is 29.7 Å². The van der Waals surface area contributed by atoms with Crippen molar-refractivity contribution in [3.05, 3.63) is 174 Å². The fourth-order valence-corrected chi connectivity index (χ4v) is 8.81. The average molecular weight is 1100 g/mol. The van der Waals surface area contributed by atoms with Crippen LogP contribution in [0, 0.1) is 18.5 Å². The maximum absolute atomic E-state index is 10.3. The van der Waals surface area contributed by atoms with Crippen LogP contribution in [-0.2, 0) is 48.1 Å². The minimum Gasteiger partial charge on any atom is -0.510 e. The Balaban J connectivity index is 0.00000902. The zero-order valence-electron chi connectivity index (χ0n) is 58.4. The molecule has 0 atom stereocenters. The van der Waals surface area contributed by atoms with E-state index in [9.17, 15) is 9.60 Å². The summed E-state index contributed by atoms with van der Waals surface area (Å²) in [6.45, 7) is 0.879. The first-order chi connectivity index (χ1) is 39.4. The summed E-state index contributed by atoms with van der Waals surface area (Å²) in [4.78, 5) is 4.80. The summed E-state index contributed by atoms with van der Waals surface area (Å²) in [5.41, 5.74) is -8.82. The Morgan fingerprint density at radius 3 is 2.10 bits per heavy atom. The van der Waals surface area contributed by atoms with Crippen LogP contribution >= 0.6 is 0 Å². The Kier molecular flexibility index (Phi) is 7.21. The smallest absolute Gasteiger partial charge is 0.268 e. The van der Waals surface area contributed by atoms with Crippen molar-refractivity contribution >= 4 is 32.8 Å². The van der Waals surface area contributed by atoms with Crippen LogP contribution in [0.3, 0.4) is 0 Å². The van der Waals surface area contributed by atoms with Crippen molar-refractivity contribution in [3.8, 4) is 39.8 Å². The number of ether oxygens (including phenoxy) is 1. The molecule has 3 aromatic heterocycles. The van der Waals surface area contributed by atoms with Crippen molar-refractivity contribution in [2.24, 2.45) is 0 Å². The number of rotatable bonds is 6. The van der Waals surface area contributed by atoms with Crippen LogP contribution in [0.1, 0.15) is 156 Å². The number of para-hydroxylation sites is 3. The van der Waals surface area contributed by atoms with Gasteiger partial charge in [0, 0.05) is 66.2 Å². The second kappa shape index (κ2) is 16.7. The van der Waals surface area contributed by atoms with E-state index in [0.29, 0.717) is 39.4 Å². The molecule has 3 heterocycles. The van der Waals surface area contributed by atoms with Gasteiger partial charge < -0.3 is 13.9 Å². The zero-order valence-corrected chi connectivity index (χ0v) is 41.7. The van der Waals surface area contributed by atoms with E-state index >= 15 is 0 Å². The first-order valence-electron chi connectivity index (χ1n) is 31.8. The molecule has 0 fully saturated rings. The van der Waals surface area contributed by atoms with Crippen LogP contribution < -0.4 is 9.30 Å². The fraction of sp³-hybridized carbons (Fsp3) is 0.323. The van der Waals surface area contributed by atoms with Crippen molar-refractivity contribution < 1.29 is 56.4 Å². The molecule has 0 saturated carbocycles. The molecule has 68 heavy (non-hydrogen) atoms. The van der Waals surface area contributed by atoms with Crippen molar-refractivity contribution in [1.29, 1.82) is 0 Å². The van der Waals surface area contributed by atoms with E-state index in [1.54, 1.807) is 63.9 Å². The molecule has 10 rings (SSSR count). The number of benzene rings is 6. The average Bonchev–Trinajstić information content (AvgIpc) is 1.09. The van der Waals surface area contributed by atoms with E-state index in [4.69, 9.17) is 26.2 Å². The van der Waals surface area contributed by atoms with Crippen LogP contribution in [0.4, 0.5) is 0 Å². The summed E-state index contributed by atoms with van der Waals surface area (Å²) in [7, 11) is 0. The SMILES string of the molecule is [2H]c1c([2H])c2c(c([2H])c1-c1cc(C(C)(C)C)cc(C(C)(C)C)c1-[n+]1[c-]n(-c3[c-]c(Oc4[c-]c5c(cc4)c4ccccc4n5-c4cc(C(C)(C)C)ccn4)ccc3)c3ccccc31)C(C([2H])([2H])[2H])(C([2H])([2H])[2H])C([2H])([2H])C([2H])([2H])C2(C([2H])([2H])[2H])C([2H])([2H])[2H].[Pt]. The Bertz CT molecular complexity index is 4200. The minimum atomic E-state index is -4.49. The van der Waals surface area contributed by atoms with Crippen LogP contribution in [0.2, 0.25) is 0 Å². The van der Waals surface area contributed by atoms with E-state index in [-0.39, 0.29) is 43.5 Å². The number of nitrogens with zero attached hydrogens (tertiary/aromatic N) is 4. The number of pyridine rings is 1. The maximum Gasteiger partial charge on any atom is 0.268 e. The van der Waals surface area contributed by atoms with E-state index in [1.807, 2.05) is 90.1 Å². The molecular formula is C62H64N4OPt-2. The predicted molar refractivity (Wildman–Crippen MR) is 277 cm³/mol. The number of hydrogen-bond acceptors (Lipinski definition) is 2. The first kappa shape index (κ1) is 29.3. The molecule has 1 aliphatic rings. The molecule has 6 heteroatoms. The van der Waals surface area contributed by atoms with E-state index in [1.165, 1.54) is 0 Å². The predicted octanol–water partition coefficient (Wildman–Crippen LogP) is 15.5. The van der Waals surface area contributed by atoms with Gasteiger partial charge in [-0.3, -0.25) is 4.57 Å². The van der Waals surface area contributed by atoms with Crippen molar-refractivity contribution in [2.75, 3.05) is 0 Å². The van der Waals surface area contributed by atoms with Gasteiger partial charge in [0.2, 0.25) is 0 Å². The summed E-state index contributed by atoms with van der Waals surface area (Å²) in [5.74, 6) is 1.36. The van der Waals surface area contributed by atoms with Crippen LogP contribution in [0.5, 0.6) is 11.5 Å². The molecule has 0 N–H and O–H groups in total. The number of fused-ring (bicyclic) bond motifs is 5. The molecule has 1 aliphatic carbocycles. The van der Waals surface area contributed by atoms with Crippen LogP contribution in [0.15, 0.2) is 127 Å². The van der Waals surface area contributed by atoms with Gasteiger partial charge in [0.1, 0.15) is 5.82 Å². The van der Waals surface area contributed by atoms with Gasteiger partial charge in [0.25, 0.3) is 6.33 Å². The second-order valence-electron chi connectivity index (χ2n) is 20.5. The molecule has 0 spiro atoms. The molecular weight excluding hydrogens is 1010 g/mol. The minimum absolute atomic E-state index is 0. The summed E-state index contributed by atoms with van der Waals surface area (Å²) < 4.78 is 186. The maximum atomic E-state index is 10.3. The van der Waals surface area contributed by atoms with Gasteiger partial charge >= 0.3 is 0 Å². The van der Waals surface area contributed by atoms with Crippen molar-refractivity contribution in [2.45, 2.75) is 130 Å². The number of hydrogen-bond donors (Lipinski definition) is 0. The van der Waals surface area contributed by atoms with Crippen molar-refractivity contribution in [3.63, 3.8) is 0 Å². The monoisotopic (exact) mass is 1090 g/mol. The summed E-state index contributed by atoms with van der Waals surface area (Å²) >= 11 is 0. The third-order valence-corrected chi connectivity index (χ3v) is 12.5. The van der Waals surface area contributed by atoms with Gasteiger partial charge in [0.05, 0.1) is 20.8 Å². The summed E-state index contributed by atoms with van der Waals surface area (Å²) in [6, 6.07) is 34.9. The van der Waals surface area contributed by atoms with E-state index in [2.05, 4.69) is 49.9 Å². The molecule has 5 nitrogen and oxygen atoms in total. The van der Waals surface area contributed by atoms with E-state index < -0.39 is 96.6 Å². The van der Waals surface area contributed by atoms with Gasteiger partial charge in [-0.05, 0) is 108 Å². The Labute approximate surface area is 445 Å². The molecule has 0 saturated heterocycles. The molecule has 9 aromatic rings. The van der Waals surface area contributed by atoms with Gasteiger partial charge in [-0.2, -0.15) is 18.2 Å². The Morgan fingerprint density at radius 2 is 1.38 bits per heavy atom. The molecule has 0 bridgehead atoms. The Morgan fingerprint density at radius 1 is 0.691 bits per heavy atom. The fourth-order valence-electron chi connectivity index (χ4n) is 8.81. The third-order valence-electron chi connectivity index (χ3n) is 12.5. The van der Waals surface area contributed by atoms with Gasteiger partial charge in [-0.1, -0.05) is 168 Å². The normalized spacial score (nSPS) is 21.2. The van der Waals surface area contributed by atoms with Crippen LogP contribution in [0.25, 0.3) is 61.2 Å². The summed E-state index contributed by atoms with van der Waals surface area (Å²) in [6.07, 6.45) is -3.72. The Hall–Kier alpha value is -5.77. The van der Waals surface area contributed by atoms with Gasteiger partial charge in [-0.25, -0.2) is 4.98 Å². The summed E-state index contributed by atoms with van der Waals surface area (Å²) in [5, 5.41) is 1.92.